The molecule has 0 radical (unpaired) electrons. The highest BCUT2D eigenvalue weighted by Crippen LogP contribution is 2.40. The monoisotopic (exact) mass is 556 g/mol. The molecule has 1 atom stereocenters. The number of amides is 1. The second-order valence-electron chi connectivity index (χ2n) is 10.7. The topological polar surface area (TPSA) is 115 Å². The number of nitrogens with zero attached hydrogens (tertiary/aromatic N) is 4. The number of imidazole rings is 1. The number of fused-ring (bicyclic) bond motifs is 2. The van der Waals surface area contributed by atoms with Gasteiger partial charge in [0.25, 0.3) is 0 Å². The van der Waals surface area contributed by atoms with Gasteiger partial charge in [-0.2, -0.15) is 0 Å². The van der Waals surface area contributed by atoms with Crippen LogP contribution in [-0.2, 0) is 17.8 Å². The van der Waals surface area contributed by atoms with Crippen molar-refractivity contribution < 1.29 is 28.9 Å². The minimum absolute atomic E-state index is 0.101. The van der Waals surface area contributed by atoms with E-state index in [4.69, 9.17) is 14.2 Å². The minimum Gasteiger partial charge on any atom is -0.493 e. The van der Waals surface area contributed by atoms with Gasteiger partial charge in [-0.05, 0) is 62.1 Å². The number of methoxy groups -OCH3 is 1. The fraction of sp³-hybridized carbons (Fsp3) is 0.290. The van der Waals surface area contributed by atoms with Crippen LogP contribution in [0.3, 0.4) is 0 Å². The number of benzene rings is 2. The summed E-state index contributed by atoms with van der Waals surface area (Å²) in [6.45, 7) is 6.32. The summed E-state index contributed by atoms with van der Waals surface area (Å²) in [7, 11) is 1.59. The van der Waals surface area contributed by atoms with Crippen LogP contribution in [0.5, 0.6) is 11.5 Å². The van der Waals surface area contributed by atoms with Gasteiger partial charge < -0.3 is 19.3 Å². The fourth-order valence-electron chi connectivity index (χ4n) is 4.73. The van der Waals surface area contributed by atoms with Gasteiger partial charge in [-0.1, -0.05) is 36.4 Å². The molecule has 2 aromatic carbocycles. The van der Waals surface area contributed by atoms with E-state index in [1.165, 1.54) is 12.4 Å². The number of ether oxygens (including phenoxy) is 3. The Morgan fingerprint density at radius 1 is 1.10 bits per heavy atom. The molecule has 1 N–H and O–H groups in total. The van der Waals surface area contributed by atoms with Gasteiger partial charge in [0.1, 0.15) is 12.2 Å². The predicted molar refractivity (Wildman–Crippen MR) is 152 cm³/mol. The van der Waals surface area contributed by atoms with Gasteiger partial charge in [-0.25, -0.2) is 19.6 Å². The lowest BCUT2D eigenvalue weighted by Gasteiger charge is -2.37. The Bertz CT molecular complexity index is 1610. The first kappa shape index (κ1) is 27.7. The van der Waals surface area contributed by atoms with E-state index in [1.807, 2.05) is 75.4 Å². The summed E-state index contributed by atoms with van der Waals surface area (Å²) in [5.74, 6) is 0.0420. The van der Waals surface area contributed by atoms with Gasteiger partial charge in [-0.15, -0.1) is 0 Å². The first-order valence-electron chi connectivity index (χ1n) is 13.2. The summed E-state index contributed by atoms with van der Waals surface area (Å²) in [5.41, 5.74) is 3.32. The lowest BCUT2D eigenvalue weighted by atomic mass is 9.91. The maximum atomic E-state index is 13.3. The second kappa shape index (κ2) is 11.3. The highest BCUT2D eigenvalue weighted by molar-refractivity contribution is 5.85. The van der Waals surface area contributed by atoms with Gasteiger partial charge in [0, 0.05) is 12.7 Å². The van der Waals surface area contributed by atoms with Crippen molar-refractivity contribution in [3.05, 3.63) is 95.2 Å². The summed E-state index contributed by atoms with van der Waals surface area (Å²) >= 11 is 0. The van der Waals surface area contributed by atoms with Crippen LogP contribution in [0.4, 0.5) is 4.79 Å². The van der Waals surface area contributed by atoms with E-state index < -0.39 is 23.7 Å². The first-order valence-corrected chi connectivity index (χ1v) is 13.2. The van der Waals surface area contributed by atoms with Crippen LogP contribution in [-0.4, -0.2) is 55.7 Å². The number of carbonyl (C=O) groups excluding carboxylic acids is 1. The van der Waals surface area contributed by atoms with Crippen LogP contribution >= 0.6 is 0 Å². The molecule has 3 heterocycles. The van der Waals surface area contributed by atoms with Crippen LogP contribution in [0.25, 0.3) is 11.7 Å². The van der Waals surface area contributed by atoms with Crippen molar-refractivity contribution in [2.45, 2.75) is 45.4 Å². The molecule has 0 aliphatic carbocycles. The standard InChI is InChI=1S/C31H32N4O6/c1-31(2,3)41-30(38)34-13-12-21-14-27(40-19-20-8-6-5-7-9-20)26(39-4)15-23(21)25(34)11-10-22-16-33-28-17-32-24(29(36)37)18-35(22)28/h5-11,14-18,25H,12-13,19H2,1-4H3,(H,36,37)/b11-10+. The third-order valence-electron chi connectivity index (χ3n) is 6.66. The van der Waals surface area contributed by atoms with Crippen molar-refractivity contribution in [3.63, 3.8) is 0 Å². The first-order chi connectivity index (χ1) is 19.6. The molecule has 212 valence electrons. The van der Waals surface area contributed by atoms with E-state index in [0.29, 0.717) is 42.4 Å². The van der Waals surface area contributed by atoms with E-state index in [1.54, 1.807) is 22.6 Å². The third kappa shape index (κ3) is 6.16. The molecule has 4 aromatic rings. The molecule has 0 spiro atoms. The number of carbonyl (C=O) groups is 2. The van der Waals surface area contributed by atoms with Crippen molar-refractivity contribution in [3.8, 4) is 11.5 Å². The Hall–Kier alpha value is -4.86. The molecule has 2 aromatic heterocycles. The normalized spacial score (nSPS) is 15.1. The quantitative estimate of drug-likeness (QED) is 0.315. The zero-order chi connectivity index (χ0) is 29.1. The molecule has 1 amide bonds. The highest BCUT2D eigenvalue weighted by atomic mass is 16.6. The van der Waals surface area contributed by atoms with Crippen LogP contribution in [0.15, 0.2) is 67.1 Å². The maximum Gasteiger partial charge on any atom is 0.411 e. The van der Waals surface area contributed by atoms with Crippen LogP contribution in [0, 0.1) is 0 Å². The Balaban J connectivity index is 1.52. The number of hydrogen-bond acceptors (Lipinski definition) is 7. The number of aromatic carboxylic acids is 1. The fourth-order valence-corrected chi connectivity index (χ4v) is 4.73. The van der Waals surface area contributed by atoms with E-state index in [0.717, 1.165) is 16.7 Å². The van der Waals surface area contributed by atoms with Crippen LogP contribution in [0.1, 0.15) is 59.7 Å². The molecule has 10 heteroatoms. The van der Waals surface area contributed by atoms with Gasteiger partial charge in [0.2, 0.25) is 0 Å². The van der Waals surface area contributed by atoms with Crippen molar-refractivity contribution in [2.75, 3.05) is 13.7 Å². The van der Waals surface area contributed by atoms with Crippen molar-refractivity contribution in [1.29, 1.82) is 0 Å². The Morgan fingerprint density at radius 2 is 1.88 bits per heavy atom. The molecular formula is C31H32N4O6. The molecule has 10 nitrogen and oxygen atoms in total. The molecule has 41 heavy (non-hydrogen) atoms. The van der Waals surface area contributed by atoms with Gasteiger partial charge in [-0.3, -0.25) is 9.30 Å². The largest absolute Gasteiger partial charge is 0.493 e. The molecule has 0 fully saturated rings. The lowest BCUT2D eigenvalue weighted by Crippen LogP contribution is -2.42. The van der Waals surface area contributed by atoms with Crippen molar-refractivity contribution >= 4 is 23.8 Å². The SMILES string of the molecule is COc1cc2c(cc1OCc1ccccc1)CCN(C(=O)OC(C)(C)C)C2/C=C/c1cnc2cnc(C(=O)O)cn12. The molecule has 0 saturated heterocycles. The van der Waals surface area contributed by atoms with E-state index in [2.05, 4.69) is 9.97 Å². The molecule has 1 aliphatic rings. The van der Waals surface area contributed by atoms with Crippen molar-refractivity contribution in [1.82, 2.24) is 19.3 Å². The zero-order valence-corrected chi connectivity index (χ0v) is 23.4. The Kier molecular flexibility index (Phi) is 7.65. The summed E-state index contributed by atoms with van der Waals surface area (Å²) in [4.78, 5) is 34.7. The van der Waals surface area contributed by atoms with Crippen LogP contribution < -0.4 is 9.47 Å². The van der Waals surface area contributed by atoms with Gasteiger partial charge >= 0.3 is 12.1 Å². The van der Waals surface area contributed by atoms with E-state index in [-0.39, 0.29) is 5.69 Å². The average molecular weight is 557 g/mol. The maximum absolute atomic E-state index is 13.3. The average Bonchev–Trinajstić information content (AvgIpc) is 3.35. The molecular weight excluding hydrogens is 524 g/mol. The molecule has 0 bridgehead atoms. The third-order valence-corrected chi connectivity index (χ3v) is 6.66. The van der Waals surface area contributed by atoms with Gasteiger partial charge in [0.15, 0.2) is 22.8 Å². The Labute approximate surface area is 237 Å². The summed E-state index contributed by atoms with van der Waals surface area (Å²) in [6.07, 6.45) is 8.33. The minimum atomic E-state index is -1.13. The molecule has 0 saturated carbocycles. The number of carboxylic acids is 1. The summed E-state index contributed by atoms with van der Waals surface area (Å²) in [5, 5.41) is 9.38. The number of aromatic nitrogens is 3. The molecule has 1 aliphatic heterocycles. The van der Waals surface area contributed by atoms with E-state index in [9.17, 15) is 14.7 Å². The second-order valence-corrected chi connectivity index (χ2v) is 10.7. The summed E-state index contributed by atoms with van der Waals surface area (Å²) < 4.78 is 19.2. The van der Waals surface area contributed by atoms with Crippen LogP contribution in [0.2, 0.25) is 0 Å². The predicted octanol–water partition coefficient (Wildman–Crippen LogP) is 5.56. The van der Waals surface area contributed by atoms with Gasteiger partial charge in [0.05, 0.1) is 31.2 Å². The highest BCUT2D eigenvalue weighted by Gasteiger charge is 2.33. The zero-order valence-electron chi connectivity index (χ0n) is 23.4. The smallest absolute Gasteiger partial charge is 0.411 e. The molecule has 5 rings (SSSR count). The molecule has 1 unspecified atom stereocenters. The number of hydrogen-bond donors (Lipinski definition) is 1. The van der Waals surface area contributed by atoms with E-state index >= 15 is 0 Å². The van der Waals surface area contributed by atoms with Crippen molar-refractivity contribution in [2.24, 2.45) is 0 Å². The lowest BCUT2D eigenvalue weighted by molar-refractivity contribution is 0.0184. The number of rotatable bonds is 7. The number of carboxylic acid groups (broad SMARTS) is 1. The summed E-state index contributed by atoms with van der Waals surface area (Å²) in [6, 6.07) is 13.3. The Morgan fingerprint density at radius 3 is 2.59 bits per heavy atom.